The van der Waals surface area contributed by atoms with E-state index in [-0.39, 0.29) is 50.0 Å². The van der Waals surface area contributed by atoms with Crippen LogP contribution >= 0.6 is 0 Å². The molecular weight excluding hydrogens is 1220 g/mol. The van der Waals surface area contributed by atoms with Crippen LogP contribution in [0.3, 0.4) is 0 Å². The highest BCUT2D eigenvalue weighted by atomic mass is 16.6. The van der Waals surface area contributed by atoms with Gasteiger partial charge in [0.15, 0.2) is 24.4 Å². The summed E-state index contributed by atoms with van der Waals surface area (Å²) in [6, 6.07) is 0. The molecule has 0 aromatic heterocycles. The summed E-state index contributed by atoms with van der Waals surface area (Å²) < 4.78 is 79.8. The number of hydrogen-bond donors (Lipinski definition) is 11. The SMILES string of the molecule is CC[C@H]1C(C(=O)OC)C[C@@H](COC[C@@H]2C(C(=O)OC)C[C@@H](C)C[C@@H]2O)C(O)[C@@H]1O.CC[C@H]1C(C(=O)OC)O[C@@H](COC[C@@H]2C(C(=O)OC)O[C@H](COC[C@H]3C(C(=O)OC)O[C@@H](COC[C@@H]4C(C(=O)OC)O[C@H](COC)C(O)[C@@H]4O)C(O)[C@@H]3O)C(O)[C@@H]2O)C(O)[C@@H]1O. The minimum Gasteiger partial charge on any atom is -0.469 e. The zero-order chi connectivity index (χ0) is 67.7. The molecule has 32 heteroatoms. The number of methoxy groups -OCH3 is 7. The first kappa shape index (κ1) is 77.7. The van der Waals surface area contributed by atoms with Gasteiger partial charge in [0.05, 0.1) is 157 Å². The van der Waals surface area contributed by atoms with Crippen molar-refractivity contribution < 1.29 is 156 Å². The van der Waals surface area contributed by atoms with Gasteiger partial charge in [-0.05, 0) is 38.0 Å². The predicted molar refractivity (Wildman–Crippen MR) is 303 cm³/mol. The fourth-order valence-corrected chi connectivity index (χ4v) is 13.3. The molecule has 0 bridgehead atoms. The van der Waals surface area contributed by atoms with Crippen molar-refractivity contribution in [3.63, 3.8) is 0 Å². The maximum absolute atomic E-state index is 12.9. The van der Waals surface area contributed by atoms with E-state index in [9.17, 15) is 84.9 Å². The number of carbonyl (C=O) groups excluding carboxylic acids is 6. The molecule has 2 aliphatic carbocycles. The molecule has 6 rings (SSSR count). The highest BCUT2D eigenvalue weighted by Gasteiger charge is 2.54. The maximum Gasteiger partial charge on any atom is 0.335 e. The summed E-state index contributed by atoms with van der Waals surface area (Å²) in [6.45, 7) is 2.85. The molecule has 6 aliphatic rings. The third kappa shape index (κ3) is 18.9. The molecule has 0 spiro atoms. The Morgan fingerprint density at radius 3 is 0.967 bits per heavy atom. The van der Waals surface area contributed by atoms with E-state index in [0.717, 1.165) is 28.4 Å². The van der Waals surface area contributed by atoms with Crippen LogP contribution in [0.4, 0.5) is 0 Å². The molecule has 0 radical (unpaired) electrons. The summed E-state index contributed by atoms with van der Waals surface area (Å²) in [6.07, 6.45) is -23.6. The van der Waals surface area contributed by atoms with Gasteiger partial charge in [0.25, 0.3) is 0 Å². The van der Waals surface area contributed by atoms with Gasteiger partial charge in [-0.2, -0.15) is 0 Å². The van der Waals surface area contributed by atoms with E-state index in [4.69, 9.17) is 71.1 Å². The summed E-state index contributed by atoms with van der Waals surface area (Å²) in [4.78, 5) is 74.8. The third-order valence-corrected chi connectivity index (χ3v) is 18.6. The van der Waals surface area contributed by atoms with Gasteiger partial charge in [-0.15, -0.1) is 0 Å². The van der Waals surface area contributed by atoms with Gasteiger partial charge in [-0.3, -0.25) is 9.59 Å². The van der Waals surface area contributed by atoms with Crippen molar-refractivity contribution in [1.82, 2.24) is 0 Å². The van der Waals surface area contributed by atoms with Gasteiger partial charge >= 0.3 is 35.8 Å². The van der Waals surface area contributed by atoms with Crippen molar-refractivity contribution in [3.05, 3.63) is 0 Å². The van der Waals surface area contributed by atoms with Crippen LogP contribution in [0, 0.1) is 59.2 Å². The topological polar surface area (TPSA) is 463 Å². The van der Waals surface area contributed by atoms with Crippen molar-refractivity contribution in [2.24, 2.45) is 59.2 Å². The van der Waals surface area contributed by atoms with Crippen LogP contribution in [0.2, 0.25) is 0 Å². The highest BCUT2D eigenvalue weighted by Crippen LogP contribution is 2.40. The van der Waals surface area contributed by atoms with Crippen LogP contribution in [-0.4, -0.2) is 317 Å². The molecule has 0 amide bonds. The highest BCUT2D eigenvalue weighted by molar-refractivity contribution is 5.77. The molecule has 91 heavy (non-hydrogen) atoms. The number of esters is 6. The zero-order valence-electron chi connectivity index (χ0n) is 53.1. The van der Waals surface area contributed by atoms with E-state index >= 15 is 0 Å². The number of aliphatic hydroxyl groups is 11. The molecule has 0 aromatic rings. The predicted octanol–water partition coefficient (Wildman–Crippen LogP) is -5.04. The molecule has 4 saturated heterocycles. The summed E-state index contributed by atoms with van der Waals surface area (Å²) in [5, 5.41) is 119. The molecule has 0 aromatic carbocycles. The lowest BCUT2D eigenvalue weighted by Gasteiger charge is -2.44. The summed E-state index contributed by atoms with van der Waals surface area (Å²) in [7, 11) is 8.37. The van der Waals surface area contributed by atoms with Crippen LogP contribution in [0.15, 0.2) is 0 Å². The fourth-order valence-electron chi connectivity index (χ4n) is 13.3. The lowest BCUT2D eigenvalue weighted by atomic mass is 9.69. The standard InChI is InChI=1S/C38H62O24.C21H36O8/c1-7-15-23(39)28(44)20(60-31(15)35(47)52-3)12-56-9-17-25(41)30(46)22(62-33(17)37(49)54-5)14-58-10-18-26(42)29(45)21(61-34(18)38(50)55-6)13-57-8-16-24(40)27(43)19(11-51-2)59-32(16)36(48)53-4;1-5-13-15(21(26)28-4)8-12(18(23)19(13)24)9-29-10-16-14(20(25)27-3)6-11(2)7-17(16)22/h15-34,39-46H,7-14H2,1-6H3;11-19,22-24H,5-10H2,1-4H3/t15-,16+,17+,18-,19-,20+,21+,22-,23-,24-,25-,26-,27?,28?,29?,30?,31?,32?,33?,34?;11-,12+,13+,14?,15?,16-,17+,18?,19-/m11/s1. The Bertz CT molecular complexity index is 2260. The first-order chi connectivity index (χ1) is 43.2. The number of rotatable bonds is 26. The van der Waals surface area contributed by atoms with Gasteiger partial charge in [0.2, 0.25) is 0 Å². The minimum absolute atomic E-state index is 0.120. The molecule has 4 heterocycles. The van der Waals surface area contributed by atoms with Crippen molar-refractivity contribution in [1.29, 1.82) is 0 Å². The second-order valence-electron chi connectivity index (χ2n) is 24.2. The Balaban J connectivity index is 0.000000431. The number of carbonyl (C=O) groups is 6. The van der Waals surface area contributed by atoms with Crippen LogP contribution in [0.5, 0.6) is 0 Å². The van der Waals surface area contributed by atoms with Gasteiger partial charge in [-0.1, -0.05) is 20.8 Å². The molecule has 2 saturated carbocycles. The van der Waals surface area contributed by atoms with Crippen molar-refractivity contribution in [2.45, 2.75) is 169 Å². The van der Waals surface area contributed by atoms with E-state index in [1.807, 2.05) is 13.8 Å². The van der Waals surface area contributed by atoms with Gasteiger partial charge in [-0.25, -0.2) is 19.2 Å². The second-order valence-corrected chi connectivity index (χ2v) is 24.2. The Morgan fingerprint density at radius 2 is 0.626 bits per heavy atom. The molecule has 29 atom stereocenters. The Kier molecular flexibility index (Phi) is 31.4. The Hall–Kier alpha value is -3.98. The van der Waals surface area contributed by atoms with Gasteiger partial charge in [0, 0.05) is 48.5 Å². The van der Waals surface area contributed by atoms with E-state index in [2.05, 4.69) is 0 Å². The number of hydrogen-bond acceptors (Lipinski definition) is 32. The molecule has 4 aliphatic heterocycles. The smallest absolute Gasteiger partial charge is 0.335 e. The Morgan fingerprint density at radius 1 is 0.330 bits per heavy atom. The number of aliphatic hydroxyl groups excluding tert-OH is 11. The van der Waals surface area contributed by atoms with Crippen LogP contribution in [0.25, 0.3) is 0 Å². The molecule has 32 nitrogen and oxygen atoms in total. The molecule has 11 unspecified atom stereocenters. The lowest BCUT2D eigenvalue weighted by Crippen LogP contribution is -2.61. The third-order valence-electron chi connectivity index (χ3n) is 18.6. The van der Waals surface area contributed by atoms with Crippen LogP contribution in [-0.2, 0) is 99.8 Å². The van der Waals surface area contributed by atoms with Crippen molar-refractivity contribution >= 4 is 35.8 Å². The first-order valence-corrected chi connectivity index (χ1v) is 30.6. The first-order valence-electron chi connectivity index (χ1n) is 30.6. The normalized spacial score (nSPS) is 40.9. The molecular formula is C59H98O32. The van der Waals surface area contributed by atoms with Crippen LogP contribution in [0.1, 0.15) is 52.9 Å². The van der Waals surface area contributed by atoms with Gasteiger partial charge in [0.1, 0.15) is 48.8 Å². The fraction of sp³-hybridized carbons (Fsp3) is 0.898. The lowest BCUT2D eigenvalue weighted by molar-refractivity contribution is -0.247. The van der Waals surface area contributed by atoms with Crippen LogP contribution < -0.4 is 0 Å². The molecule has 6 fully saturated rings. The molecule has 526 valence electrons. The van der Waals surface area contributed by atoms with E-state index in [1.165, 1.54) is 21.3 Å². The van der Waals surface area contributed by atoms with Gasteiger partial charge < -0.3 is 127 Å². The second kappa shape index (κ2) is 36.8. The average molecular weight is 1320 g/mol. The van der Waals surface area contributed by atoms with E-state index in [1.54, 1.807) is 6.92 Å². The average Bonchev–Trinajstić information content (AvgIpc) is 1.18. The monoisotopic (exact) mass is 1320 g/mol. The summed E-state index contributed by atoms with van der Waals surface area (Å²) in [5.41, 5.74) is 0. The summed E-state index contributed by atoms with van der Waals surface area (Å²) in [5.74, 6) is -10.6. The Labute approximate surface area is 527 Å². The van der Waals surface area contributed by atoms with Crippen molar-refractivity contribution in [2.75, 3.05) is 109 Å². The van der Waals surface area contributed by atoms with Crippen molar-refractivity contribution in [3.8, 4) is 0 Å². The quantitative estimate of drug-likeness (QED) is 0.0285. The van der Waals surface area contributed by atoms with E-state index in [0.29, 0.717) is 25.7 Å². The van der Waals surface area contributed by atoms with E-state index < -0.39 is 227 Å². The number of ether oxygens (including phenoxy) is 15. The summed E-state index contributed by atoms with van der Waals surface area (Å²) >= 11 is 0. The molecule has 11 N–H and O–H groups in total. The zero-order valence-corrected chi connectivity index (χ0v) is 53.1. The largest absolute Gasteiger partial charge is 0.469 e. The minimum atomic E-state index is -1.71. The maximum atomic E-state index is 12.9.